The average molecular weight is 210 g/mol. The molecule has 2 heteroatoms. The zero-order valence-corrected chi connectivity index (χ0v) is 9.57. The van der Waals surface area contributed by atoms with Crippen LogP contribution in [0, 0.1) is 0 Å². The Kier molecular flexibility index (Phi) is 1.96. The first kappa shape index (κ1) is 9.40. The van der Waals surface area contributed by atoms with Crippen LogP contribution in [0.5, 0.6) is 0 Å². The molecule has 0 atom stereocenters. The van der Waals surface area contributed by atoms with Crippen molar-refractivity contribution in [3.05, 3.63) is 42.2 Å². The van der Waals surface area contributed by atoms with Gasteiger partial charge in [0, 0.05) is 29.5 Å². The van der Waals surface area contributed by atoms with Crippen LogP contribution in [-0.4, -0.2) is 9.55 Å². The van der Waals surface area contributed by atoms with Gasteiger partial charge in [-0.1, -0.05) is 19.1 Å². The normalized spacial score (nSPS) is 11.4. The van der Waals surface area contributed by atoms with Gasteiger partial charge in [-0.25, -0.2) is 0 Å². The number of aromatic nitrogens is 2. The number of nitrogens with zero attached hydrogens (tertiary/aromatic N) is 2. The van der Waals surface area contributed by atoms with Gasteiger partial charge in [-0.15, -0.1) is 0 Å². The largest absolute Gasteiger partial charge is 0.342 e. The molecule has 0 saturated heterocycles. The molecular formula is C14H14N2. The molecule has 0 fully saturated rings. The van der Waals surface area contributed by atoms with Gasteiger partial charge in [0.2, 0.25) is 0 Å². The molecule has 0 N–H and O–H groups in total. The van der Waals surface area contributed by atoms with E-state index in [0.717, 1.165) is 6.42 Å². The van der Waals surface area contributed by atoms with E-state index in [9.17, 15) is 0 Å². The molecule has 0 aliphatic rings. The van der Waals surface area contributed by atoms with Crippen LogP contribution in [0.2, 0.25) is 0 Å². The van der Waals surface area contributed by atoms with E-state index in [1.54, 1.807) is 0 Å². The smallest absolute Gasteiger partial charge is 0.0675 e. The number of pyridine rings is 1. The topological polar surface area (TPSA) is 17.8 Å². The molecule has 0 bridgehead atoms. The first-order chi connectivity index (χ1) is 7.83. The number of hydrogen-bond acceptors (Lipinski definition) is 1. The van der Waals surface area contributed by atoms with Crippen LogP contribution >= 0.6 is 0 Å². The van der Waals surface area contributed by atoms with Crippen LogP contribution in [0.25, 0.3) is 21.8 Å². The summed E-state index contributed by atoms with van der Waals surface area (Å²) in [4.78, 5) is 4.20. The van der Waals surface area contributed by atoms with Crippen molar-refractivity contribution in [2.45, 2.75) is 13.3 Å². The van der Waals surface area contributed by atoms with Crippen molar-refractivity contribution in [1.29, 1.82) is 0 Å². The Labute approximate surface area is 94.5 Å². The molecule has 0 amide bonds. The lowest BCUT2D eigenvalue weighted by molar-refractivity contribution is 1.01. The van der Waals surface area contributed by atoms with E-state index in [2.05, 4.69) is 47.8 Å². The predicted octanol–water partition coefficient (Wildman–Crippen LogP) is 3.29. The van der Waals surface area contributed by atoms with Gasteiger partial charge in [-0.05, 0) is 24.1 Å². The number of benzene rings is 1. The van der Waals surface area contributed by atoms with Crippen molar-refractivity contribution in [3.63, 3.8) is 0 Å². The summed E-state index contributed by atoms with van der Waals surface area (Å²) in [6, 6.07) is 8.63. The Morgan fingerprint density at radius 2 is 2.06 bits per heavy atom. The first-order valence-electron chi connectivity index (χ1n) is 5.63. The van der Waals surface area contributed by atoms with Crippen molar-refractivity contribution in [3.8, 4) is 0 Å². The van der Waals surface area contributed by atoms with E-state index >= 15 is 0 Å². The fraction of sp³-hybridized carbons (Fsp3) is 0.214. The molecule has 2 aromatic heterocycles. The molecule has 0 unspecified atom stereocenters. The van der Waals surface area contributed by atoms with Gasteiger partial charge in [-0.3, -0.25) is 4.98 Å². The molecule has 1 aromatic carbocycles. The Balaban J connectivity index is 2.62. The quantitative estimate of drug-likeness (QED) is 0.602. The first-order valence-corrected chi connectivity index (χ1v) is 5.63. The number of hydrogen-bond donors (Lipinski definition) is 0. The van der Waals surface area contributed by atoms with Gasteiger partial charge < -0.3 is 4.57 Å². The Morgan fingerprint density at radius 3 is 2.88 bits per heavy atom. The third-order valence-corrected chi connectivity index (χ3v) is 3.30. The van der Waals surface area contributed by atoms with Crippen LogP contribution in [0.3, 0.4) is 0 Å². The maximum absolute atomic E-state index is 4.20. The molecular weight excluding hydrogens is 196 g/mol. The summed E-state index contributed by atoms with van der Waals surface area (Å²) in [6.45, 7) is 2.20. The molecule has 16 heavy (non-hydrogen) atoms. The number of fused-ring (bicyclic) bond motifs is 3. The van der Waals surface area contributed by atoms with E-state index in [1.165, 1.54) is 27.4 Å². The monoisotopic (exact) mass is 210 g/mol. The Morgan fingerprint density at radius 1 is 1.19 bits per heavy atom. The second-order valence-electron chi connectivity index (χ2n) is 4.12. The molecule has 2 nitrogen and oxygen atoms in total. The van der Waals surface area contributed by atoms with Gasteiger partial charge in [0.15, 0.2) is 0 Å². The minimum Gasteiger partial charge on any atom is -0.342 e. The minimum absolute atomic E-state index is 1.07. The highest BCUT2D eigenvalue weighted by atomic mass is 14.9. The standard InChI is InChI=1S/C14H14N2/c1-3-10-5-4-6-12-14(10)11-7-8-15-9-13(11)16(12)2/h4-9H,3H2,1-2H3. The van der Waals surface area contributed by atoms with E-state index in [1.807, 2.05) is 12.4 Å². The van der Waals surface area contributed by atoms with E-state index in [-0.39, 0.29) is 0 Å². The maximum atomic E-state index is 4.20. The fourth-order valence-corrected chi connectivity index (χ4v) is 2.47. The molecule has 3 rings (SSSR count). The van der Waals surface area contributed by atoms with Crippen molar-refractivity contribution >= 4 is 21.8 Å². The predicted molar refractivity (Wildman–Crippen MR) is 67.6 cm³/mol. The molecule has 0 aliphatic carbocycles. The van der Waals surface area contributed by atoms with E-state index in [0.29, 0.717) is 0 Å². The van der Waals surface area contributed by atoms with Gasteiger partial charge >= 0.3 is 0 Å². The Hall–Kier alpha value is -1.83. The molecule has 0 saturated carbocycles. The third kappa shape index (κ3) is 1.10. The second-order valence-corrected chi connectivity index (χ2v) is 4.12. The fourth-order valence-electron chi connectivity index (χ4n) is 2.47. The van der Waals surface area contributed by atoms with Crippen LogP contribution in [-0.2, 0) is 13.5 Å². The average Bonchev–Trinajstić information content (AvgIpc) is 2.64. The van der Waals surface area contributed by atoms with Crippen LogP contribution < -0.4 is 0 Å². The van der Waals surface area contributed by atoms with Crippen LogP contribution in [0.1, 0.15) is 12.5 Å². The zero-order valence-electron chi connectivity index (χ0n) is 9.57. The lowest BCUT2D eigenvalue weighted by Crippen LogP contribution is -1.87. The molecule has 0 spiro atoms. The minimum atomic E-state index is 1.07. The molecule has 80 valence electrons. The summed E-state index contributed by atoms with van der Waals surface area (Å²) in [7, 11) is 2.10. The van der Waals surface area contributed by atoms with Gasteiger partial charge in [0.25, 0.3) is 0 Å². The van der Waals surface area contributed by atoms with Gasteiger partial charge in [-0.2, -0.15) is 0 Å². The SMILES string of the molecule is CCc1cccc2c1c1ccncc1n2C. The van der Waals surface area contributed by atoms with Crippen molar-refractivity contribution in [2.75, 3.05) is 0 Å². The third-order valence-electron chi connectivity index (χ3n) is 3.30. The summed E-state index contributed by atoms with van der Waals surface area (Å²) < 4.78 is 2.22. The van der Waals surface area contributed by atoms with Crippen LogP contribution in [0.15, 0.2) is 36.7 Å². The molecule has 0 radical (unpaired) electrons. The number of aryl methyl sites for hydroxylation is 2. The van der Waals surface area contributed by atoms with Gasteiger partial charge in [0.1, 0.15) is 0 Å². The van der Waals surface area contributed by atoms with Crippen LogP contribution in [0.4, 0.5) is 0 Å². The lowest BCUT2D eigenvalue weighted by Gasteiger charge is -2.00. The molecule has 2 heterocycles. The van der Waals surface area contributed by atoms with Crippen molar-refractivity contribution in [2.24, 2.45) is 7.05 Å². The van der Waals surface area contributed by atoms with Crippen molar-refractivity contribution in [1.82, 2.24) is 9.55 Å². The summed E-state index contributed by atoms with van der Waals surface area (Å²) >= 11 is 0. The summed E-state index contributed by atoms with van der Waals surface area (Å²) in [5.74, 6) is 0. The molecule has 0 aliphatic heterocycles. The highest BCUT2D eigenvalue weighted by Gasteiger charge is 2.09. The number of rotatable bonds is 1. The summed E-state index contributed by atoms with van der Waals surface area (Å²) in [5.41, 5.74) is 3.91. The van der Waals surface area contributed by atoms with E-state index < -0.39 is 0 Å². The highest BCUT2D eigenvalue weighted by molar-refractivity contribution is 6.09. The summed E-state index contributed by atoms with van der Waals surface area (Å²) in [6.07, 6.45) is 4.88. The van der Waals surface area contributed by atoms with Gasteiger partial charge in [0.05, 0.1) is 11.7 Å². The second kappa shape index (κ2) is 3.34. The Bertz CT molecular complexity index is 665. The highest BCUT2D eigenvalue weighted by Crippen LogP contribution is 2.30. The summed E-state index contributed by atoms with van der Waals surface area (Å²) in [5, 5.41) is 2.69. The lowest BCUT2D eigenvalue weighted by atomic mass is 10.1. The van der Waals surface area contributed by atoms with Crippen molar-refractivity contribution < 1.29 is 0 Å². The zero-order chi connectivity index (χ0) is 11.1. The van der Waals surface area contributed by atoms with E-state index in [4.69, 9.17) is 0 Å². The maximum Gasteiger partial charge on any atom is 0.0675 e. The molecule has 3 aromatic rings.